The van der Waals surface area contributed by atoms with Gasteiger partial charge in [-0.2, -0.15) is 0 Å². The third kappa shape index (κ3) is 2.91. The highest BCUT2D eigenvalue weighted by molar-refractivity contribution is 6.30. The van der Waals surface area contributed by atoms with E-state index in [-0.39, 0.29) is 12.0 Å². The van der Waals surface area contributed by atoms with Crippen LogP contribution < -0.4 is 4.90 Å². The van der Waals surface area contributed by atoms with E-state index in [1.165, 1.54) is 5.69 Å². The fraction of sp³-hybridized carbons (Fsp3) is 0.533. The molecule has 2 aliphatic heterocycles. The van der Waals surface area contributed by atoms with Crippen LogP contribution in [0.2, 0.25) is 5.02 Å². The quantitative estimate of drug-likeness (QED) is 0.838. The van der Waals surface area contributed by atoms with Gasteiger partial charge in [0, 0.05) is 43.5 Å². The Morgan fingerprint density at radius 3 is 2.45 bits per heavy atom. The van der Waals surface area contributed by atoms with E-state index >= 15 is 0 Å². The maximum Gasteiger partial charge on any atom is 0.251 e. The largest absolute Gasteiger partial charge is 0.368 e. The molecule has 20 heavy (non-hydrogen) atoms. The molecule has 2 fully saturated rings. The average Bonchev–Trinajstić information content (AvgIpc) is 3.02. The van der Waals surface area contributed by atoms with E-state index in [0.717, 1.165) is 50.7 Å². The van der Waals surface area contributed by atoms with Gasteiger partial charge in [0.2, 0.25) is 0 Å². The summed E-state index contributed by atoms with van der Waals surface area (Å²) < 4.78 is 5.47. The van der Waals surface area contributed by atoms with E-state index in [4.69, 9.17) is 16.3 Å². The molecule has 0 unspecified atom stereocenters. The molecule has 5 heteroatoms. The predicted octanol–water partition coefficient (Wildman–Crippen LogP) is 2.17. The summed E-state index contributed by atoms with van der Waals surface area (Å²) >= 11 is 5.90. The summed E-state index contributed by atoms with van der Waals surface area (Å²) in [6.45, 7) is 3.98. The highest BCUT2D eigenvalue weighted by Gasteiger charge is 2.30. The standard InChI is InChI=1S/C15H19ClN2O2/c16-12-3-5-13(6-4-12)17-7-9-18(10-8-17)15(19)14-2-1-11-20-14/h3-6,14H,1-2,7-11H2/t14-/m0/s1. The number of amides is 1. The van der Waals surface area contributed by atoms with Crippen LogP contribution in [0, 0.1) is 0 Å². The molecular formula is C15H19ClN2O2. The van der Waals surface area contributed by atoms with Gasteiger partial charge in [0.05, 0.1) is 0 Å². The van der Waals surface area contributed by atoms with Gasteiger partial charge in [0.25, 0.3) is 5.91 Å². The Hall–Kier alpha value is -1.26. The number of benzene rings is 1. The molecule has 3 rings (SSSR count). The summed E-state index contributed by atoms with van der Waals surface area (Å²) in [6.07, 6.45) is 1.68. The van der Waals surface area contributed by atoms with Crippen molar-refractivity contribution in [3.63, 3.8) is 0 Å². The Labute approximate surface area is 124 Å². The second-order valence-electron chi connectivity index (χ2n) is 5.29. The van der Waals surface area contributed by atoms with Crippen molar-refractivity contribution in [3.05, 3.63) is 29.3 Å². The van der Waals surface area contributed by atoms with Crippen LogP contribution in [0.5, 0.6) is 0 Å². The van der Waals surface area contributed by atoms with Crippen LogP contribution in [0.15, 0.2) is 24.3 Å². The predicted molar refractivity (Wildman–Crippen MR) is 79.2 cm³/mol. The van der Waals surface area contributed by atoms with Crippen LogP contribution in [-0.4, -0.2) is 49.7 Å². The summed E-state index contributed by atoms with van der Waals surface area (Å²) in [5.41, 5.74) is 1.17. The van der Waals surface area contributed by atoms with Crippen LogP contribution >= 0.6 is 11.6 Å². The number of piperazine rings is 1. The minimum atomic E-state index is -0.197. The third-order valence-corrected chi connectivity index (χ3v) is 4.24. The van der Waals surface area contributed by atoms with Crippen molar-refractivity contribution in [2.24, 2.45) is 0 Å². The molecule has 0 saturated carbocycles. The van der Waals surface area contributed by atoms with Crippen molar-refractivity contribution >= 4 is 23.2 Å². The molecule has 1 aromatic carbocycles. The van der Waals surface area contributed by atoms with Crippen molar-refractivity contribution in [2.45, 2.75) is 18.9 Å². The van der Waals surface area contributed by atoms with Crippen molar-refractivity contribution in [2.75, 3.05) is 37.7 Å². The number of nitrogens with zero attached hydrogens (tertiary/aromatic N) is 2. The van der Waals surface area contributed by atoms with Gasteiger partial charge in [0.15, 0.2) is 0 Å². The first-order valence-electron chi connectivity index (χ1n) is 7.15. The van der Waals surface area contributed by atoms with Crippen LogP contribution in [0.1, 0.15) is 12.8 Å². The molecule has 108 valence electrons. The summed E-state index contributed by atoms with van der Waals surface area (Å²) in [5.74, 6) is 0.165. The van der Waals surface area contributed by atoms with Gasteiger partial charge in [-0.05, 0) is 37.1 Å². The SMILES string of the molecule is O=C([C@@H]1CCCO1)N1CCN(c2ccc(Cl)cc2)CC1. The molecule has 0 spiro atoms. The molecule has 1 atom stereocenters. The monoisotopic (exact) mass is 294 g/mol. The molecule has 4 nitrogen and oxygen atoms in total. The van der Waals surface area contributed by atoms with E-state index in [1.807, 2.05) is 29.2 Å². The van der Waals surface area contributed by atoms with E-state index in [0.29, 0.717) is 0 Å². The Morgan fingerprint density at radius 2 is 1.85 bits per heavy atom. The number of rotatable bonds is 2. The Balaban J connectivity index is 1.56. The normalized spacial score (nSPS) is 23.1. The zero-order valence-electron chi connectivity index (χ0n) is 11.4. The molecule has 1 aromatic rings. The van der Waals surface area contributed by atoms with Crippen LogP contribution in [0.25, 0.3) is 0 Å². The molecule has 0 bridgehead atoms. The van der Waals surface area contributed by atoms with Crippen molar-refractivity contribution in [3.8, 4) is 0 Å². The van der Waals surface area contributed by atoms with Gasteiger partial charge in [-0.1, -0.05) is 11.6 Å². The summed E-state index contributed by atoms with van der Waals surface area (Å²) in [5, 5.41) is 0.751. The van der Waals surface area contributed by atoms with Gasteiger partial charge in [-0.15, -0.1) is 0 Å². The van der Waals surface area contributed by atoms with E-state index in [9.17, 15) is 4.79 Å². The summed E-state index contributed by atoms with van der Waals surface area (Å²) in [7, 11) is 0. The molecule has 1 amide bonds. The third-order valence-electron chi connectivity index (χ3n) is 3.99. The fourth-order valence-electron chi connectivity index (χ4n) is 2.81. The second kappa shape index (κ2) is 6.02. The highest BCUT2D eigenvalue weighted by Crippen LogP contribution is 2.21. The number of carbonyl (C=O) groups excluding carboxylic acids is 1. The molecule has 2 aliphatic rings. The first-order chi connectivity index (χ1) is 9.74. The van der Waals surface area contributed by atoms with Gasteiger partial charge in [0.1, 0.15) is 6.10 Å². The Bertz CT molecular complexity index is 463. The number of hydrogen-bond donors (Lipinski definition) is 0. The lowest BCUT2D eigenvalue weighted by Crippen LogP contribution is -2.51. The highest BCUT2D eigenvalue weighted by atomic mass is 35.5. The lowest BCUT2D eigenvalue weighted by Gasteiger charge is -2.37. The topological polar surface area (TPSA) is 32.8 Å². The second-order valence-corrected chi connectivity index (χ2v) is 5.73. The van der Waals surface area contributed by atoms with E-state index < -0.39 is 0 Å². The smallest absolute Gasteiger partial charge is 0.251 e. The first-order valence-corrected chi connectivity index (χ1v) is 7.53. The molecule has 2 saturated heterocycles. The molecule has 0 N–H and O–H groups in total. The minimum absolute atomic E-state index is 0.165. The summed E-state index contributed by atoms with van der Waals surface area (Å²) in [6, 6.07) is 7.86. The average molecular weight is 295 g/mol. The number of carbonyl (C=O) groups is 1. The number of ether oxygens (including phenoxy) is 1. The number of hydrogen-bond acceptors (Lipinski definition) is 3. The molecule has 0 radical (unpaired) electrons. The molecule has 0 aliphatic carbocycles. The van der Waals surface area contributed by atoms with Crippen molar-refractivity contribution in [1.29, 1.82) is 0 Å². The van der Waals surface area contributed by atoms with Gasteiger partial charge < -0.3 is 14.5 Å². The maximum absolute atomic E-state index is 12.3. The minimum Gasteiger partial charge on any atom is -0.368 e. The zero-order chi connectivity index (χ0) is 13.9. The lowest BCUT2D eigenvalue weighted by molar-refractivity contribution is -0.141. The summed E-state index contributed by atoms with van der Waals surface area (Å²) in [4.78, 5) is 16.5. The molecule has 2 heterocycles. The van der Waals surface area contributed by atoms with Gasteiger partial charge in [-0.3, -0.25) is 4.79 Å². The van der Waals surface area contributed by atoms with E-state index in [2.05, 4.69) is 4.90 Å². The lowest BCUT2D eigenvalue weighted by atomic mass is 10.2. The first kappa shape index (κ1) is 13.7. The Morgan fingerprint density at radius 1 is 1.15 bits per heavy atom. The van der Waals surface area contributed by atoms with Crippen LogP contribution in [0.3, 0.4) is 0 Å². The van der Waals surface area contributed by atoms with Crippen LogP contribution in [0.4, 0.5) is 5.69 Å². The van der Waals surface area contributed by atoms with Crippen molar-refractivity contribution in [1.82, 2.24) is 4.90 Å². The van der Waals surface area contributed by atoms with E-state index in [1.54, 1.807) is 0 Å². The molecule has 0 aromatic heterocycles. The number of halogens is 1. The number of anilines is 1. The van der Waals surface area contributed by atoms with Crippen LogP contribution in [-0.2, 0) is 9.53 Å². The maximum atomic E-state index is 12.3. The van der Waals surface area contributed by atoms with Gasteiger partial charge >= 0.3 is 0 Å². The zero-order valence-corrected chi connectivity index (χ0v) is 12.2. The molecular weight excluding hydrogens is 276 g/mol. The van der Waals surface area contributed by atoms with Crippen molar-refractivity contribution < 1.29 is 9.53 Å². The Kier molecular flexibility index (Phi) is 4.13. The van der Waals surface area contributed by atoms with Gasteiger partial charge in [-0.25, -0.2) is 0 Å². The fourth-order valence-corrected chi connectivity index (χ4v) is 2.94.